The van der Waals surface area contributed by atoms with Gasteiger partial charge in [0.05, 0.1) is 13.2 Å². The van der Waals surface area contributed by atoms with E-state index in [9.17, 15) is 10.2 Å². The van der Waals surface area contributed by atoms with Crippen LogP contribution in [0.4, 0.5) is 0 Å². The Balaban J connectivity index is 2.02. The van der Waals surface area contributed by atoms with Gasteiger partial charge in [-0.1, -0.05) is 44.8 Å². The number of aliphatic hydroxyl groups is 3. The van der Waals surface area contributed by atoms with Gasteiger partial charge in [0.25, 0.3) is 0 Å². The SMILES string of the molecule is CCCC/C=C/CCCCCCO[C@@H]1[C@@H](O)[C@H](CO)OC[C@H]1O. The molecule has 0 radical (unpaired) electrons. The van der Waals surface area contributed by atoms with Crippen molar-refractivity contribution in [2.75, 3.05) is 19.8 Å². The molecule has 0 saturated carbocycles. The summed E-state index contributed by atoms with van der Waals surface area (Å²) in [6.07, 6.45) is 10.6. The third kappa shape index (κ3) is 8.27. The van der Waals surface area contributed by atoms with Crippen molar-refractivity contribution in [1.82, 2.24) is 0 Å². The molecule has 1 rings (SSSR count). The van der Waals surface area contributed by atoms with Crippen LogP contribution in [0.15, 0.2) is 12.2 Å². The molecule has 0 aliphatic carbocycles. The summed E-state index contributed by atoms with van der Waals surface area (Å²) in [5.74, 6) is 0. The summed E-state index contributed by atoms with van der Waals surface area (Å²) < 4.78 is 10.8. The fraction of sp³-hybridized carbons (Fsp3) is 0.889. The first-order valence-electron chi connectivity index (χ1n) is 9.05. The predicted octanol–water partition coefficient (Wildman–Crippen LogP) is 2.18. The zero-order chi connectivity index (χ0) is 16.9. The quantitative estimate of drug-likeness (QED) is 0.377. The summed E-state index contributed by atoms with van der Waals surface area (Å²) >= 11 is 0. The average Bonchev–Trinajstić information content (AvgIpc) is 2.55. The summed E-state index contributed by atoms with van der Waals surface area (Å²) in [4.78, 5) is 0. The molecule has 0 amide bonds. The fourth-order valence-corrected chi connectivity index (χ4v) is 2.72. The van der Waals surface area contributed by atoms with E-state index in [4.69, 9.17) is 14.6 Å². The van der Waals surface area contributed by atoms with Gasteiger partial charge < -0.3 is 24.8 Å². The topological polar surface area (TPSA) is 79.2 Å². The minimum atomic E-state index is -0.975. The lowest BCUT2D eigenvalue weighted by Crippen LogP contribution is -2.55. The molecule has 1 fully saturated rings. The van der Waals surface area contributed by atoms with Crippen molar-refractivity contribution in [1.29, 1.82) is 0 Å². The fourth-order valence-electron chi connectivity index (χ4n) is 2.72. The summed E-state index contributed by atoms with van der Waals surface area (Å²) in [7, 11) is 0. The van der Waals surface area contributed by atoms with Gasteiger partial charge in [0.2, 0.25) is 0 Å². The van der Waals surface area contributed by atoms with Crippen LogP contribution in [0.2, 0.25) is 0 Å². The predicted molar refractivity (Wildman–Crippen MR) is 90.3 cm³/mol. The third-order valence-electron chi connectivity index (χ3n) is 4.22. The molecule has 0 aromatic carbocycles. The molecule has 0 spiro atoms. The second kappa shape index (κ2) is 12.9. The monoisotopic (exact) mass is 330 g/mol. The lowest BCUT2D eigenvalue weighted by atomic mass is 10.0. The van der Waals surface area contributed by atoms with Gasteiger partial charge >= 0.3 is 0 Å². The normalized spacial score (nSPS) is 28.5. The second-order valence-corrected chi connectivity index (χ2v) is 6.26. The maximum Gasteiger partial charge on any atom is 0.114 e. The molecule has 5 nitrogen and oxygen atoms in total. The molecular weight excluding hydrogens is 296 g/mol. The van der Waals surface area contributed by atoms with Crippen LogP contribution in [-0.2, 0) is 9.47 Å². The molecule has 5 heteroatoms. The number of allylic oxidation sites excluding steroid dienone is 2. The highest BCUT2D eigenvalue weighted by molar-refractivity contribution is 4.87. The first-order chi connectivity index (χ1) is 11.2. The number of rotatable bonds is 12. The highest BCUT2D eigenvalue weighted by Crippen LogP contribution is 2.19. The van der Waals surface area contributed by atoms with Crippen molar-refractivity contribution in [3.63, 3.8) is 0 Å². The Morgan fingerprint density at radius 3 is 2.43 bits per heavy atom. The Kier molecular flexibility index (Phi) is 11.5. The van der Waals surface area contributed by atoms with Crippen molar-refractivity contribution in [3.8, 4) is 0 Å². The van der Waals surface area contributed by atoms with E-state index in [0.717, 1.165) is 19.3 Å². The molecule has 1 aliphatic rings. The van der Waals surface area contributed by atoms with Gasteiger partial charge in [-0.3, -0.25) is 0 Å². The number of hydrogen-bond acceptors (Lipinski definition) is 5. The van der Waals surface area contributed by atoms with Crippen molar-refractivity contribution < 1.29 is 24.8 Å². The van der Waals surface area contributed by atoms with Gasteiger partial charge in [-0.15, -0.1) is 0 Å². The van der Waals surface area contributed by atoms with Gasteiger partial charge in [0, 0.05) is 6.61 Å². The van der Waals surface area contributed by atoms with Crippen molar-refractivity contribution in [3.05, 3.63) is 12.2 Å². The second-order valence-electron chi connectivity index (χ2n) is 6.26. The van der Waals surface area contributed by atoms with Crippen LogP contribution in [0.3, 0.4) is 0 Å². The van der Waals surface area contributed by atoms with Crippen LogP contribution in [0.5, 0.6) is 0 Å². The summed E-state index contributed by atoms with van der Waals surface area (Å²) in [6.45, 7) is 2.55. The Labute approximate surface area is 140 Å². The maximum atomic E-state index is 9.98. The molecule has 4 atom stereocenters. The molecule has 1 heterocycles. The maximum absolute atomic E-state index is 9.98. The van der Waals surface area contributed by atoms with Crippen LogP contribution < -0.4 is 0 Å². The number of ether oxygens (including phenoxy) is 2. The first-order valence-corrected chi connectivity index (χ1v) is 9.05. The molecule has 3 N–H and O–H groups in total. The Morgan fingerprint density at radius 2 is 1.74 bits per heavy atom. The minimum Gasteiger partial charge on any atom is -0.394 e. The Bertz CT molecular complexity index is 308. The van der Waals surface area contributed by atoms with Gasteiger partial charge in [-0.25, -0.2) is 0 Å². The van der Waals surface area contributed by atoms with Gasteiger partial charge in [0.15, 0.2) is 0 Å². The Morgan fingerprint density at radius 1 is 1.04 bits per heavy atom. The zero-order valence-corrected chi connectivity index (χ0v) is 14.4. The third-order valence-corrected chi connectivity index (χ3v) is 4.22. The van der Waals surface area contributed by atoms with Crippen LogP contribution in [-0.4, -0.2) is 59.6 Å². The van der Waals surface area contributed by atoms with Crippen LogP contribution >= 0.6 is 0 Å². The number of aliphatic hydroxyl groups excluding tert-OH is 3. The first kappa shape index (κ1) is 20.6. The van der Waals surface area contributed by atoms with E-state index in [1.165, 1.54) is 32.1 Å². The molecule has 0 aromatic rings. The summed E-state index contributed by atoms with van der Waals surface area (Å²) in [5.41, 5.74) is 0. The van der Waals surface area contributed by atoms with Crippen LogP contribution in [0, 0.1) is 0 Å². The lowest BCUT2D eigenvalue weighted by molar-refractivity contribution is -0.210. The van der Waals surface area contributed by atoms with Crippen LogP contribution in [0.25, 0.3) is 0 Å². The summed E-state index contributed by atoms with van der Waals surface area (Å²) in [6, 6.07) is 0. The molecule has 1 aliphatic heterocycles. The summed E-state index contributed by atoms with van der Waals surface area (Å²) in [5, 5.41) is 28.9. The average molecular weight is 330 g/mol. The molecule has 0 bridgehead atoms. The van der Waals surface area contributed by atoms with E-state index in [1.54, 1.807) is 0 Å². The van der Waals surface area contributed by atoms with Crippen LogP contribution in [0.1, 0.15) is 58.3 Å². The van der Waals surface area contributed by atoms with E-state index in [1.807, 2.05) is 0 Å². The Hall–Kier alpha value is -0.460. The molecular formula is C18H34O5. The van der Waals surface area contributed by atoms with E-state index < -0.39 is 24.4 Å². The highest BCUT2D eigenvalue weighted by atomic mass is 16.6. The molecule has 0 aromatic heterocycles. The van der Waals surface area contributed by atoms with Crippen molar-refractivity contribution in [2.45, 2.75) is 82.7 Å². The number of unbranched alkanes of at least 4 members (excludes halogenated alkanes) is 6. The largest absolute Gasteiger partial charge is 0.394 e. The number of hydrogen-bond donors (Lipinski definition) is 3. The zero-order valence-electron chi connectivity index (χ0n) is 14.4. The molecule has 136 valence electrons. The minimum absolute atomic E-state index is 0.0946. The van der Waals surface area contributed by atoms with Crippen molar-refractivity contribution in [2.24, 2.45) is 0 Å². The van der Waals surface area contributed by atoms with Gasteiger partial charge in [-0.2, -0.15) is 0 Å². The van der Waals surface area contributed by atoms with Gasteiger partial charge in [0.1, 0.15) is 24.4 Å². The van der Waals surface area contributed by atoms with E-state index in [0.29, 0.717) is 6.61 Å². The highest BCUT2D eigenvalue weighted by Gasteiger charge is 2.38. The lowest BCUT2D eigenvalue weighted by Gasteiger charge is -2.37. The molecule has 1 saturated heterocycles. The van der Waals surface area contributed by atoms with Gasteiger partial charge in [-0.05, 0) is 25.7 Å². The van der Waals surface area contributed by atoms with E-state index in [-0.39, 0.29) is 13.2 Å². The van der Waals surface area contributed by atoms with Crippen molar-refractivity contribution >= 4 is 0 Å². The molecule has 0 unspecified atom stereocenters. The molecule has 23 heavy (non-hydrogen) atoms. The van der Waals surface area contributed by atoms with E-state index in [2.05, 4.69) is 19.1 Å². The van der Waals surface area contributed by atoms with E-state index >= 15 is 0 Å². The standard InChI is InChI=1S/C18H34O5/c1-2-3-4-5-6-7-8-9-10-11-12-22-18-15(20)14-23-16(13-19)17(18)21/h5-6,15-21H,2-4,7-14H2,1H3/b6-5+/t15-,16+,17+,18+/m1/s1. The smallest absolute Gasteiger partial charge is 0.114 e.